The molecule has 0 bridgehead atoms. The van der Waals surface area contributed by atoms with Crippen LogP contribution in [-0.4, -0.2) is 47.3 Å². The van der Waals surface area contributed by atoms with Gasteiger partial charge in [0.25, 0.3) is 0 Å². The number of benzene rings is 2. The highest BCUT2D eigenvalue weighted by atomic mass is 35.5. The number of halogens is 2. The smallest absolute Gasteiger partial charge is 0.229 e. The van der Waals surface area contributed by atoms with Crippen molar-refractivity contribution >= 4 is 47.2 Å². The normalized spacial score (nSPS) is 18.4. The van der Waals surface area contributed by atoms with E-state index in [1.165, 1.54) is 62.2 Å². The highest BCUT2D eigenvalue weighted by Crippen LogP contribution is 2.41. The molecule has 1 saturated heterocycles. The summed E-state index contributed by atoms with van der Waals surface area (Å²) in [6.07, 6.45) is 8.78. The molecule has 1 atom stereocenters. The van der Waals surface area contributed by atoms with Gasteiger partial charge in [-0.15, -0.1) is 0 Å². The lowest BCUT2D eigenvalue weighted by molar-refractivity contribution is 0.222. The van der Waals surface area contributed by atoms with Crippen LogP contribution in [0.25, 0.3) is 0 Å². The number of aromatic nitrogens is 2. The number of nitrogens with one attached hydrogen (secondary N) is 2. The van der Waals surface area contributed by atoms with Crippen LogP contribution in [0.3, 0.4) is 0 Å². The summed E-state index contributed by atoms with van der Waals surface area (Å²) in [7, 11) is -2.77. The van der Waals surface area contributed by atoms with Gasteiger partial charge in [-0.05, 0) is 113 Å². The van der Waals surface area contributed by atoms with Gasteiger partial charge < -0.3 is 20.1 Å². The lowest BCUT2D eigenvalue weighted by atomic mass is 10.0. The maximum absolute atomic E-state index is 14.2. The van der Waals surface area contributed by atoms with Gasteiger partial charge >= 0.3 is 0 Å². The molecular weight excluding hydrogens is 508 g/mol. The fourth-order valence-electron chi connectivity index (χ4n) is 5.68. The molecule has 0 spiro atoms. The maximum Gasteiger partial charge on any atom is 0.229 e. The Bertz CT molecular complexity index is 1350. The van der Waals surface area contributed by atoms with Crippen molar-refractivity contribution in [3.8, 4) is 0 Å². The van der Waals surface area contributed by atoms with E-state index in [1.54, 1.807) is 26.3 Å². The average molecular weight is 542 g/mol. The molecule has 9 heteroatoms. The third-order valence-electron chi connectivity index (χ3n) is 7.51. The first-order valence-electron chi connectivity index (χ1n) is 13.0. The monoisotopic (exact) mass is 541 g/mol. The first-order valence-corrected chi connectivity index (χ1v) is 15.9. The van der Waals surface area contributed by atoms with Crippen molar-refractivity contribution in [3.63, 3.8) is 0 Å². The van der Waals surface area contributed by atoms with E-state index in [-0.39, 0.29) is 0 Å². The number of hydrogen-bond donors (Lipinski definition) is 2. The van der Waals surface area contributed by atoms with E-state index in [1.807, 2.05) is 0 Å². The Hall–Kier alpha value is -2.47. The summed E-state index contributed by atoms with van der Waals surface area (Å²) in [6.45, 7) is 7.37. The molecule has 37 heavy (non-hydrogen) atoms. The first-order chi connectivity index (χ1) is 17.7. The van der Waals surface area contributed by atoms with Gasteiger partial charge in [0.15, 0.2) is 5.82 Å². The van der Waals surface area contributed by atoms with E-state index in [9.17, 15) is 8.96 Å². The molecule has 2 aliphatic rings. The summed E-state index contributed by atoms with van der Waals surface area (Å²) in [6, 6.07) is 10.1. The van der Waals surface area contributed by atoms with Crippen molar-refractivity contribution < 1.29 is 8.96 Å². The van der Waals surface area contributed by atoms with Crippen molar-refractivity contribution in [2.24, 2.45) is 0 Å². The van der Waals surface area contributed by atoms with Crippen LogP contribution < -0.4 is 15.9 Å². The van der Waals surface area contributed by atoms with Gasteiger partial charge in [0.1, 0.15) is 18.0 Å². The van der Waals surface area contributed by atoms with Gasteiger partial charge in [-0.25, -0.2) is 9.37 Å². The Morgan fingerprint density at radius 3 is 2.51 bits per heavy atom. The molecule has 196 valence electrons. The molecule has 1 fully saturated rings. The van der Waals surface area contributed by atoms with Gasteiger partial charge in [0.05, 0.1) is 11.9 Å². The Morgan fingerprint density at radius 1 is 1.05 bits per heavy atom. The van der Waals surface area contributed by atoms with Gasteiger partial charge in [-0.3, -0.25) is 0 Å². The summed E-state index contributed by atoms with van der Waals surface area (Å²) in [5, 5.41) is 7.25. The molecule has 1 aliphatic heterocycles. The lowest BCUT2D eigenvalue weighted by Crippen LogP contribution is -2.32. The van der Waals surface area contributed by atoms with Crippen LogP contribution in [0.2, 0.25) is 5.02 Å². The van der Waals surface area contributed by atoms with E-state index in [2.05, 4.69) is 43.7 Å². The second kappa shape index (κ2) is 10.7. The third kappa shape index (κ3) is 5.84. The number of nitrogens with zero attached hydrogens (tertiary/aromatic N) is 3. The van der Waals surface area contributed by atoms with E-state index < -0.39 is 13.0 Å². The van der Waals surface area contributed by atoms with E-state index in [4.69, 9.17) is 11.6 Å². The van der Waals surface area contributed by atoms with Gasteiger partial charge in [-0.1, -0.05) is 17.7 Å². The number of rotatable bonds is 6. The topological polar surface area (TPSA) is 70.2 Å². The molecule has 3 aromatic rings. The van der Waals surface area contributed by atoms with Crippen molar-refractivity contribution in [1.82, 2.24) is 14.9 Å². The van der Waals surface area contributed by atoms with Crippen LogP contribution in [0, 0.1) is 12.7 Å². The first kappa shape index (κ1) is 26.1. The summed E-state index contributed by atoms with van der Waals surface area (Å²) in [5.41, 5.74) is 4.62. The van der Waals surface area contributed by atoms with Crippen LogP contribution in [0.1, 0.15) is 42.4 Å². The Morgan fingerprint density at radius 2 is 1.78 bits per heavy atom. The molecule has 2 N–H and O–H groups in total. The minimum absolute atomic E-state index is 0.315. The van der Waals surface area contributed by atoms with Gasteiger partial charge in [-0.2, -0.15) is 4.98 Å². The SMILES string of the molecule is Cc1c(F)ccc(Nc2nc(Nc3ccc4c(c3)CCC(N3CCCC3)CC4)ncc2Cl)c1P(C)(C)=O. The molecule has 1 aromatic heterocycles. The highest BCUT2D eigenvalue weighted by molar-refractivity contribution is 7.70. The third-order valence-corrected chi connectivity index (χ3v) is 9.44. The predicted molar refractivity (Wildman–Crippen MR) is 152 cm³/mol. The zero-order valence-corrected chi connectivity index (χ0v) is 23.3. The van der Waals surface area contributed by atoms with E-state index in [0.717, 1.165) is 18.5 Å². The van der Waals surface area contributed by atoms with E-state index >= 15 is 0 Å². The summed E-state index contributed by atoms with van der Waals surface area (Å²) >= 11 is 6.40. The molecule has 1 unspecified atom stereocenters. The minimum Gasteiger partial charge on any atom is -0.338 e. The van der Waals surface area contributed by atoms with Crippen molar-refractivity contribution in [3.05, 3.63) is 64.1 Å². The van der Waals surface area contributed by atoms with Crippen molar-refractivity contribution in [2.45, 2.75) is 51.5 Å². The van der Waals surface area contributed by atoms with E-state index in [0.29, 0.717) is 39.4 Å². The summed E-state index contributed by atoms with van der Waals surface area (Å²) in [5.74, 6) is 0.366. The highest BCUT2D eigenvalue weighted by Gasteiger charge is 2.25. The number of fused-ring (bicyclic) bond motifs is 1. The molecular formula is C28H34ClFN5OP. The van der Waals surface area contributed by atoms with Crippen LogP contribution in [0.4, 0.5) is 27.5 Å². The minimum atomic E-state index is -2.77. The fraction of sp³-hybridized carbons (Fsp3) is 0.429. The zero-order chi connectivity index (χ0) is 26.2. The Kier molecular flexibility index (Phi) is 7.58. The van der Waals surface area contributed by atoms with Gasteiger partial charge in [0.2, 0.25) is 5.95 Å². The number of anilines is 4. The van der Waals surface area contributed by atoms with Crippen molar-refractivity contribution in [1.29, 1.82) is 0 Å². The molecule has 0 saturated carbocycles. The summed E-state index contributed by atoms with van der Waals surface area (Å²) in [4.78, 5) is 11.6. The van der Waals surface area contributed by atoms with Crippen molar-refractivity contribution in [2.75, 3.05) is 37.1 Å². The fourth-order valence-corrected chi connectivity index (χ4v) is 7.45. The quantitative estimate of drug-likeness (QED) is 0.269. The van der Waals surface area contributed by atoms with Crippen LogP contribution in [-0.2, 0) is 17.4 Å². The Balaban J connectivity index is 1.35. The van der Waals surface area contributed by atoms with Crippen LogP contribution >= 0.6 is 18.7 Å². The summed E-state index contributed by atoms with van der Waals surface area (Å²) < 4.78 is 27.2. The second-order valence-corrected chi connectivity index (χ2v) is 14.1. The number of aryl methyl sites for hydroxylation is 2. The van der Waals surface area contributed by atoms with Gasteiger partial charge in [0, 0.05) is 17.0 Å². The molecule has 5 rings (SSSR count). The number of hydrogen-bond acceptors (Lipinski definition) is 6. The second-order valence-electron chi connectivity index (χ2n) is 10.5. The predicted octanol–water partition coefficient (Wildman–Crippen LogP) is 6.66. The maximum atomic E-state index is 14.2. The van der Waals surface area contributed by atoms with Crippen LogP contribution in [0.5, 0.6) is 0 Å². The molecule has 6 nitrogen and oxygen atoms in total. The standard InChI is InChI=1S/C28H34ClFN5OP/c1-18-24(30)12-13-25(26(18)37(2,3)36)33-27-23(29)17-31-28(34-27)32-21-9-6-19-7-10-22(11-8-20(19)16-21)35-14-4-5-15-35/h6,9,12-13,16-17,22H,4-5,7-8,10-11,14-15H2,1-3H3,(H2,31,32,33,34). The zero-order valence-electron chi connectivity index (χ0n) is 21.7. The molecule has 0 radical (unpaired) electrons. The molecule has 2 heterocycles. The van der Waals surface area contributed by atoms with Crippen LogP contribution in [0.15, 0.2) is 36.5 Å². The Labute approximate surface area is 223 Å². The average Bonchev–Trinajstić information content (AvgIpc) is 3.30. The molecule has 0 amide bonds. The molecule has 2 aromatic carbocycles. The molecule has 1 aliphatic carbocycles. The lowest BCUT2D eigenvalue weighted by Gasteiger charge is -2.25. The number of likely N-dealkylation sites (tertiary alicyclic amines) is 1. The largest absolute Gasteiger partial charge is 0.338 e.